The van der Waals surface area contributed by atoms with Crippen molar-refractivity contribution in [2.45, 2.75) is 6.85 Å². The molecule has 0 spiro atoms. The quantitative estimate of drug-likeness (QED) is 0.235. The van der Waals surface area contributed by atoms with Crippen molar-refractivity contribution >= 4 is 32.6 Å². The van der Waals surface area contributed by atoms with Crippen LogP contribution in [0.4, 0.5) is 0 Å². The molecule has 1 heterocycles. The molecule has 2 heteroatoms. The van der Waals surface area contributed by atoms with Crippen LogP contribution >= 0.6 is 0 Å². The van der Waals surface area contributed by atoms with Gasteiger partial charge in [-0.05, 0) is 63.3 Å². The van der Waals surface area contributed by atoms with Crippen molar-refractivity contribution in [3.63, 3.8) is 0 Å². The average molecular weight is 472 g/mol. The van der Waals surface area contributed by atoms with Crippen LogP contribution in [0.15, 0.2) is 127 Å². The van der Waals surface area contributed by atoms with E-state index in [2.05, 4.69) is 4.98 Å². The van der Waals surface area contributed by atoms with Crippen molar-refractivity contribution in [2.24, 2.45) is 0 Å². The molecule has 0 aliphatic heterocycles. The minimum Gasteiger partial charge on any atom is -0.296 e. The Morgan fingerprint density at radius 2 is 1.22 bits per heavy atom. The smallest absolute Gasteiger partial charge is 0.111 e. The number of hydrogen-bond acceptors (Lipinski definition) is 1. The predicted octanol–water partition coefficient (Wildman–Crippen LogP) is 8.97. The summed E-state index contributed by atoms with van der Waals surface area (Å²) in [5, 5.41) is 0.242. The number of rotatable bonds is 3. The lowest BCUT2D eigenvalue weighted by molar-refractivity contribution is 1.00. The maximum absolute atomic E-state index is 9.20. The van der Waals surface area contributed by atoms with E-state index in [0.717, 1.165) is 0 Å². The van der Waals surface area contributed by atoms with Crippen LogP contribution in [0, 0.1) is 6.85 Å². The van der Waals surface area contributed by atoms with Gasteiger partial charge in [0.15, 0.2) is 0 Å². The molecule has 0 aliphatic rings. The lowest BCUT2D eigenvalue weighted by atomic mass is 9.85. The first-order valence-corrected chi connectivity index (χ1v) is 11.4. The molecule has 0 amide bonds. The van der Waals surface area contributed by atoms with Crippen LogP contribution in [0.1, 0.15) is 20.9 Å². The van der Waals surface area contributed by atoms with E-state index in [9.17, 15) is 2.74 Å². The van der Waals surface area contributed by atoms with Crippen LogP contribution in [0.5, 0.6) is 0 Å². The Morgan fingerprint density at radius 3 is 1.92 bits per heavy atom. The van der Waals surface area contributed by atoms with E-state index in [1.54, 1.807) is 78.9 Å². The van der Waals surface area contributed by atoms with E-state index in [0.29, 0.717) is 27.8 Å². The molecule has 0 atom stereocenters. The molecule has 2 nitrogen and oxygen atoms in total. The fourth-order valence-electron chi connectivity index (χ4n) is 4.94. The maximum Gasteiger partial charge on any atom is 0.111 e. The summed E-state index contributed by atoms with van der Waals surface area (Å²) in [6, 6.07) is 18.8. The van der Waals surface area contributed by atoms with Crippen LogP contribution in [0.3, 0.4) is 0 Å². The summed E-state index contributed by atoms with van der Waals surface area (Å²) in [6.07, 6.45) is 0. The second-order valence-electron chi connectivity index (χ2n) is 8.39. The molecule has 170 valence electrons. The van der Waals surface area contributed by atoms with E-state index in [1.165, 1.54) is 4.57 Å². The third kappa shape index (κ3) is 3.08. The Kier molecular flexibility index (Phi) is 2.81. The number of nitrogens with zero attached hydrogens (tertiary/aromatic N) is 2. The lowest BCUT2D eigenvalue weighted by Gasteiger charge is -2.20. The highest BCUT2D eigenvalue weighted by atomic mass is 15.1. The third-order valence-corrected chi connectivity index (χ3v) is 6.41. The molecular weight excluding hydrogens is 436 g/mol. The van der Waals surface area contributed by atoms with Crippen LogP contribution < -0.4 is 0 Å². The molecule has 0 fully saturated rings. The maximum atomic E-state index is 9.20. The van der Waals surface area contributed by atoms with E-state index < -0.39 is 43.1 Å². The average Bonchev–Trinajstić information content (AvgIpc) is 3.47. The molecule has 0 radical (unpaired) electrons. The first kappa shape index (κ1) is 12.3. The normalized spacial score (nSPS) is 16.2. The number of para-hydroxylation sites is 3. The zero-order valence-corrected chi connectivity index (χ0v) is 18.9. The van der Waals surface area contributed by atoms with E-state index in [1.807, 2.05) is 0 Å². The largest absolute Gasteiger partial charge is 0.296 e. The van der Waals surface area contributed by atoms with Gasteiger partial charge in [0.25, 0.3) is 0 Å². The summed E-state index contributed by atoms with van der Waals surface area (Å²) in [5.41, 5.74) is 2.37. The van der Waals surface area contributed by atoms with Crippen molar-refractivity contribution in [2.75, 3.05) is 0 Å². The summed E-state index contributed by atoms with van der Waals surface area (Å²) in [6.45, 7) is -2.65. The number of benzene rings is 6. The molecular formula is C34H24N2. The molecule has 0 saturated heterocycles. The van der Waals surface area contributed by atoms with Gasteiger partial charge in [0.2, 0.25) is 0 Å². The second-order valence-corrected chi connectivity index (χ2v) is 8.39. The number of aryl methyl sites for hydroxylation is 1. The standard InChI is InChI=1S/C34H24N2/c1-23-35-30-20-10-12-22-32(30)36(23)31-21-11-9-19-29(31)34-27-17-7-5-15-25(27)33(24-13-3-2-4-14-24)26-16-6-8-18-28(26)34/h2-22H,1H3/i1D3,5D,6D,7D,8D,15D,16D,17D,18D. The first-order valence-electron chi connectivity index (χ1n) is 16.9. The van der Waals surface area contributed by atoms with Gasteiger partial charge in [-0.2, -0.15) is 0 Å². The van der Waals surface area contributed by atoms with Crippen molar-refractivity contribution in [1.82, 2.24) is 9.55 Å². The van der Waals surface area contributed by atoms with Gasteiger partial charge in [-0.25, -0.2) is 4.98 Å². The predicted molar refractivity (Wildman–Crippen MR) is 152 cm³/mol. The van der Waals surface area contributed by atoms with Crippen molar-refractivity contribution in [1.29, 1.82) is 0 Å². The Hall–Kier alpha value is -4.69. The Morgan fingerprint density at radius 1 is 0.639 bits per heavy atom. The van der Waals surface area contributed by atoms with E-state index >= 15 is 0 Å². The minimum atomic E-state index is -2.65. The summed E-state index contributed by atoms with van der Waals surface area (Å²) in [7, 11) is 0. The highest BCUT2D eigenvalue weighted by Gasteiger charge is 2.20. The Bertz CT molecular complexity index is 2350. The molecule has 0 saturated carbocycles. The van der Waals surface area contributed by atoms with Gasteiger partial charge < -0.3 is 0 Å². The van der Waals surface area contributed by atoms with Gasteiger partial charge in [-0.15, -0.1) is 0 Å². The van der Waals surface area contributed by atoms with E-state index in [4.69, 9.17) is 12.3 Å². The number of aromatic nitrogens is 2. The molecule has 1 aromatic heterocycles. The van der Waals surface area contributed by atoms with Crippen LogP contribution in [0.25, 0.3) is 60.5 Å². The highest BCUT2D eigenvalue weighted by Crippen LogP contribution is 2.45. The summed E-state index contributed by atoms with van der Waals surface area (Å²) < 4.78 is 97.6. The summed E-state index contributed by atoms with van der Waals surface area (Å²) in [4.78, 5) is 4.45. The zero-order valence-electron chi connectivity index (χ0n) is 29.9. The molecule has 0 aliphatic carbocycles. The third-order valence-electron chi connectivity index (χ3n) is 6.41. The fraction of sp³-hybridized carbons (Fsp3) is 0.0294. The van der Waals surface area contributed by atoms with Gasteiger partial charge in [-0.3, -0.25) is 4.57 Å². The highest BCUT2D eigenvalue weighted by molar-refractivity contribution is 6.22. The zero-order chi connectivity index (χ0) is 33.5. The van der Waals surface area contributed by atoms with Gasteiger partial charge >= 0.3 is 0 Å². The lowest BCUT2D eigenvalue weighted by Crippen LogP contribution is -2.00. The monoisotopic (exact) mass is 471 g/mol. The Balaban J connectivity index is 1.81. The van der Waals surface area contributed by atoms with Crippen LogP contribution in [-0.2, 0) is 0 Å². The van der Waals surface area contributed by atoms with Crippen molar-refractivity contribution in [3.8, 4) is 27.9 Å². The van der Waals surface area contributed by atoms with E-state index in [-0.39, 0.29) is 50.6 Å². The molecule has 6 aromatic carbocycles. The molecule has 0 unspecified atom stereocenters. The van der Waals surface area contributed by atoms with Crippen LogP contribution in [-0.4, -0.2) is 9.55 Å². The first-order chi connectivity index (χ1) is 22.3. The minimum absolute atomic E-state index is 0.0414. The van der Waals surface area contributed by atoms with Gasteiger partial charge in [0.05, 0.1) is 27.7 Å². The van der Waals surface area contributed by atoms with Gasteiger partial charge in [0, 0.05) is 9.68 Å². The molecule has 0 N–H and O–H groups in total. The van der Waals surface area contributed by atoms with Crippen molar-refractivity contribution < 1.29 is 15.1 Å². The van der Waals surface area contributed by atoms with Gasteiger partial charge in [-0.1, -0.05) is 109 Å². The molecule has 7 aromatic rings. The number of imidazole rings is 1. The second kappa shape index (κ2) is 8.21. The van der Waals surface area contributed by atoms with Gasteiger partial charge in [0.1, 0.15) is 5.82 Å². The Labute approximate surface area is 225 Å². The number of hydrogen-bond donors (Lipinski definition) is 0. The summed E-state index contributed by atoms with van der Waals surface area (Å²) >= 11 is 0. The van der Waals surface area contributed by atoms with Crippen molar-refractivity contribution in [3.05, 3.63) is 133 Å². The molecule has 0 bridgehead atoms. The topological polar surface area (TPSA) is 17.8 Å². The molecule has 7 rings (SSSR count). The van der Waals surface area contributed by atoms with Crippen LogP contribution in [0.2, 0.25) is 0 Å². The summed E-state index contributed by atoms with van der Waals surface area (Å²) in [5.74, 6) is -0.232. The number of fused-ring (bicyclic) bond motifs is 3. The SMILES string of the molecule is [2H]c1c([2H])c([2H])c2c(-c3ccccc3-n3c(C([2H])([2H])[2H])nc4ccccc43)c3c([2H])c([2H])c([2H])c([2H])c3c(-c3ccccc3)c2c1[2H]. The molecule has 36 heavy (non-hydrogen) atoms. The fourth-order valence-corrected chi connectivity index (χ4v) is 4.94.